The van der Waals surface area contributed by atoms with E-state index >= 15 is 0 Å². The minimum Gasteiger partial charge on any atom is -0.477 e. The summed E-state index contributed by atoms with van der Waals surface area (Å²) >= 11 is 1.01. The molecule has 13 heteroatoms. The molecule has 4 N–H and O–H groups in total. The van der Waals surface area contributed by atoms with Gasteiger partial charge in [-0.2, -0.15) is 9.97 Å². The van der Waals surface area contributed by atoms with Gasteiger partial charge in [0, 0.05) is 32.0 Å². The molecule has 3 heterocycles. The highest BCUT2D eigenvalue weighted by atomic mass is 32.2. The summed E-state index contributed by atoms with van der Waals surface area (Å²) in [6.07, 6.45) is 2.11. The average molecular weight is 519 g/mol. The zero-order valence-corrected chi connectivity index (χ0v) is 20.9. The molecule has 0 amide bonds. The number of carboxylic acid groups (broad SMARTS) is 1. The van der Waals surface area contributed by atoms with E-state index in [4.69, 9.17) is 0 Å². The summed E-state index contributed by atoms with van der Waals surface area (Å²) < 4.78 is 23.4. The van der Waals surface area contributed by atoms with Crippen molar-refractivity contribution in [2.24, 2.45) is 0 Å². The molecule has 0 spiro atoms. The van der Waals surface area contributed by atoms with Gasteiger partial charge < -0.3 is 20.4 Å². The number of carboxylic acids is 1. The van der Waals surface area contributed by atoms with Crippen molar-refractivity contribution in [2.75, 3.05) is 34.9 Å². The van der Waals surface area contributed by atoms with Crippen LogP contribution in [0.15, 0.2) is 35.2 Å². The second kappa shape index (κ2) is 10.1. The number of aromatic nitrogens is 3. The number of nitrogens with zero attached hydrogens (tertiary/aromatic N) is 4. The third kappa shape index (κ3) is 6.24. The molecule has 35 heavy (non-hydrogen) atoms. The van der Waals surface area contributed by atoms with Crippen LogP contribution in [-0.4, -0.2) is 65.0 Å². The van der Waals surface area contributed by atoms with Crippen molar-refractivity contribution >= 4 is 49.9 Å². The molecule has 1 aliphatic heterocycles. The molecular formula is C22H26N6O5S2. The van der Waals surface area contributed by atoms with E-state index in [2.05, 4.69) is 30.5 Å². The normalized spacial score (nSPS) is 14.7. The van der Waals surface area contributed by atoms with Crippen LogP contribution in [-0.2, 0) is 16.4 Å². The van der Waals surface area contributed by atoms with Gasteiger partial charge >= 0.3 is 5.97 Å². The number of thiazole rings is 1. The number of aliphatic hydroxyl groups excluding tert-OH is 1. The van der Waals surface area contributed by atoms with Gasteiger partial charge in [-0.3, -0.25) is 5.32 Å². The number of aliphatic hydroxyl groups is 1. The Hall–Kier alpha value is -3.29. The first-order valence-corrected chi connectivity index (χ1v) is 13.6. The number of rotatable bonds is 8. The molecule has 0 aliphatic carbocycles. The Morgan fingerprint density at radius 1 is 1.17 bits per heavy atom. The number of hydrogen-bond donors (Lipinski definition) is 4. The van der Waals surface area contributed by atoms with Gasteiger partial charge in [-0.15, -0.1) is 0 Å². The van der Waals surface area contributed by atoms with Gasteiger partial charge in [0.15, 0.2) is 15.0 Å². The van der Waals surface area contributed by atoms with Gasteiger partial charge in [-0.25, -0.2) is 18.2 Å². The minimum atomic E-state index is -3.27. The zero-order chi connectivity index (χ0) is 25.2. The van der Waals surface area contributed by atoms with E-state index in [1.54, 1.807) is 31.2 Å². The standard InChI is InChI=1S/C22H26N6O5S2/c1-13-19(20(30)31)34-22(24-13)27-21-25-17(11-18(26-21)28-9-7-15(29)8-10-28)23-12-14-3-5-16(6-4-14)35(2,32)33/h3-6,11,15,29H,7-10,12H2,1-2H3,(H,30,31)(H2,23,24,25,26,27). The van der Waals surface area contributed by atoms with Gasteiger partial charge in [-0.05, 0) is 37.5 Å². The smallest absolute Gasteiger partial charge is 0.347 e. The number of aryl methyl sites for hydroxylation is 1. The maximum absolute atomic E-state index is 11.7. The molecular weight excluding hydrogens is 492 g/mol. The maximum atomic E-state index is 11.7. The molecule has 0 atom stereocenters. The second-order valence-corrected chi connectivity index (χ2v) is 11.3. The van der Waals surface area contributed by atoms with E-state index in [0.717, 1.165) is 16.9 Å². The summed E-state index contributed by atoms with van der Waals surface area (Å²) in [5.41, 5.74) is 1.27. The summed E-state index contributed by atoms with van der Waals surface area (Å²) in [6, 6.07) is 8.41. The molecule has 4 rings (SSSR count). The van der Waals surface area contributed by atoms with Crippen molar-refractivity contribution in [3.63, 3.8) is 0 Å². The van der Waals surface area contributed by atoms with Crippen LogP contribution in [0.3, 0.4) is 0 Å². The third-order valence-electron chi connectivity index (χ3n) is 5.54. The molecule has 1 fully saturated rings. The largest absolute Gasteiger partial charge is 0.477 e. The lowest BCUT2D eigenvalue weighted by Crippen LogP contribution is -2.36. The molecule has 1 saturated heterocycles. The Kier molecular flexibility index (Phi) is 7.19. The summed E-state index contributed by atoms with van der Waals surface area (Å²) in [4.78, 5) is 27.2. The lowest BCUT2D eigenvalue weighted by atomic mass is 10.1. The lowest BCUT2D eigenvalue weighted by molar-refractivity contribution is 0.0701. The zero-order valence-electron chi connectivity index (χ0n) is 19.2. The van der Waals surface area contributed by atoms with E-state index in [1.807, 2.05) is 6.07 Å². The molecule has 3 aromatic rings. The van der Waals surface area contributed by atoms with Gasteiger partial charge in [0.25, 0.3) is 0 Å². The number of piperidine rings is 1. The number of aromatic carboxylic acids is 1. The van der Waals surface area contributed by atoms with Crippen molar-refractivity contribution < 1.29 is 23.4 Å². The Morgan fingerprint density at radius 3 is 2.46 bits per heavy atom. The number of sulfone groups is 1. The van der Waals surface area contributed by atoms with Gasteiger partial charge in [0.05, 0.1) is 16.7 Å². The lowest BCUT2D eigenvalue weighted by Gasteiger charge is -2.30. The Morgan fingerprint density at radius 2 is 1.86 bits per heavy atom. The predicted molar refractivity (Wildman–Crippen MR) is 133 cm³/mol. The van der Waals surface area contributed by atoms with Crippen molar-refractivity contribution in [3.05, 3.63) is 46.5 Å². The Bertz CT molecular complexity index is 1320. The number of anilines is 4. The van der Waals surface area contributed by atoms with Gasteiger partial charge in [0.2, 0.25) is 5.95 Å². The van der Waals surface area contributed by atoms with E-state index in [0.29, 0.717) is 54.9 Å². The summed E-state index contributed by atoms with van der Waals surface area (Å²) in [5, 5.41) is 25.8. The maximum Gasteiger partial charge on any atom is 0.347 e. The highest BCUT2D eigenvalue weighted by Gasteiger charge is 2.20. The molecule has 0 saturated carbocycles. The van der Waals surface area contributed by atoms with Crippen LogP contribution >= 0.6 is 11.3 Å². The van der Waals surface area contributed by atoms with Crippen molar-refractivity contribution in [2.45, 2.75) is 37.3 Å². The van der Waals surface area contributed by atoms with Gasteiger partial charge in [-0.1, -0.05) is 23.5 Å². The Labute approximate surface area is 206 Å². The quantitative estimate of drug-likeness (QED) is 0.347. The average Bonchev–Trinajstić information content (AvgIpc) is 3.18. The number of benzene rings is 1. The monoisotopic (exact) mass is 518 g/mol. The summed E-state index contributed by atoms with van der Waals surface area (Å²) in [6.45, 7) is 3.31. The highest BCUT2D eigenvalue weighted by molar-refractivity contribution is 7.90. The van der Waals surface area contributed by atoms with E-state index < -0.39 is 15.8 Å². The third-order valence-corrected chi connectivity index (χ3v) is 7.73. The molecule has 0 bridgehead atoms. The molecule has 2 aromatic heterocycles. The first kappa shape index (κ1) is 24.8. The molecule has 1 aliphatic rings. The molecule has 0 unspecified atom stereocenters. The van der Waals surface area contributed by atoms with Crippen LogP contribution in [0.25, 0.3) is 0 Å². The Balaban J connectivity index is 1.57. The van der Waals surface area contributed by atoms with Crippen LogP contribution in [0, 0.1) is 6.92 Å². The van der Waals surface area contributed by atoms with Crippen molar-refractivity contribution in [1.82, 2.24) is 15.0 Å². The van der Waals surface area contributed by atoms with Crippen LogP contribution in [0.2, 0.25) is 0 Å². The number of nitrogens with one attached hydrogen (secondary N) is 2. The van der Waals surface area contributed by atoms with E-state index in [1.165, 1.54) is 6.26 Å². The van der Waals surface area contributed by atoms with Crippen molar-refractivity contribution in [3.8, 4) is 0 Å². The highest BCUT2D eigenvalue weighted by Crippen LogP contribution is 2.27. The molecule has 0 radical (unpaired) electrons. The number of hydrogen-bond acceptors (Lipinski definition) is 11. The first-order valence-electron chi connectivity index (χ1n) is 10.9. The van der Waals surface area contributed by atoms with Crippen LogP contribution in [0.4, 0.5) is 22.7 Å². The fraction of sp³-hybridized carbons (Fsp3) is 0.364. The number of carbonyl (C=O) groups is 1. The topological polar surface area (TPSA) is 158 Å². The minimum absolute atomic E-state index is 0.143. The molecule has 1 aromatic carbocycles. The van der Waals surface area contributed by atoms with Crippen LogP contribution < -0.4 is 15.5 Å². The van der Waals surface area contributed by atoms with Gasteiger partial charge in [0.1, 0.15) is 16.5 Å². The van der Waals surface area contributed by atoms with E-state index in [-0.39, 0.29) is 21.8 Å². The van der Waals surface area contributed by atoms with Crippen molar-refractivity contribution in [1.29, 1.82) is 0 Å². The van der Waals surface area contributed by atoms with E-state index in [9.17, 15) is 23.4 Å². The summed E-state index contributed by atoms with van der Waals surface area (Å²) in [7, 11) is -3.27. The second-order valence-electron chi connectivity index (χ2n) is 8.29. The fourth-order valence-electron chi connectivity index (χ4n) is 3.63. The first-order chi connectivity index (χ1) is 16.6. The van der Waals surface area contributed by atoms with Crippen LogP contribution in [0.1, 0.15) is 33.8 Å². The SMILES string of the molecule is Cc1nc(Nc2nc(NCc3ccc(S(C)(=O)=O)cc3)cc(N3CCC(O)CC3)n2)sc1C(=O)O. The fourth-order valence-corrected chi connectivity index (χ4v) is 5.06. The summed E-state index contributed by atoms with van der Waals surface area (Å²) in [5.74, 6) is 0.409. The molecule has 11 nitrogen and oxygen atoms in total. The van der Waals surface area contributed by atoms with Crippen LogP contribution in [0.5, 0.6) is 0 Å². The molecule has 186 valence electrons. The predicted octanol–water partition coefficient (Wildman–Crippen LogP) is 2.66.